The molecule has 0 radical (unpaired) electrons. The first-order valence-corrected chi connectivity index (χ1v) is 8.00. The first-order valence-electron chi connectivity index (χ1n) is 8.00. The Hall–Kier alpha value is -2.24. The number of rotatable bonds is 9. The molecule has 0 aliphatic rings. The molecule has 0 bridgehead atoms. The summed E-state index contributed by atoms with van der Waals surface area (Å²) < 4.78 is 10.1. The van der Waals surface area contributed by atoms with E-state index < -0.39 is 0 Å². The standard InChI is InChI=1S/C17H27N3O3/c1-4-18-17(19-11-7-10-16(21)23-5-2)20-13-14-8-6-9-15(12-14)22-3/h6,8-9,12H,4-5,7,10-11,13H2,1-3H3,(H2,18,19,20). The minimum absolute atomic E-state index is 0.160. The second-order valence-corrected chi connectivity index (χ2v) is 4.88. The van der Waals surface area contributed by atoms with Crippen molar-refractivity contribution in [1.29, 1.82) is 0 Å². The highest BCUT2D eigenvalue weighted by atomic mass is 16.5. The Morgan fingerprint density at radius 1 is 1.26 bits per heavy atom. The van der Waals surface area contributed by atoms with Crippen molar-refractivity contribution in [3.63, 3.8) is 0 Å². The highest BCUT2D eigenvalue weighted by Gasteiger charge is 2.02. The van der Waals surface area contributed by atoms with Crippen LogP contribution in [0, 0.1) is 0 Å². The maximum Gasteiger partial charge on any atom is 0.305 e. The largest absolute Gasteiger partial charge is 0.497 e. The third kappa shape index (κ3) is 8.09. The van der Waals surface area contributed by atoms with E-state index in [1.54, 1.807) is 7.11 Å². The van der Waals surface area contributed by atoms with Crippen LogP contribution in [0.5, 0.6) is 5.75 Å². The molecule has 1 aromatic carbocycles. The Morgan fingerprint density at radius 2 is 2.09 bits per heavy atom. The second-order valence-electron chi connectivity index (χ2n) is 4.88. The second kappa shape index (κ2) is 11.3. The van der Waals surface area contributed by atoms with Gasteiger partial charge in [-0.05, 0) is 38.0 Å². The maximum absolute atomic E-state index is 11.3. The lowest BCUT2D eigenvalue weighted by molar-refractivity contribution is -0.143. The predicted molar refractivity (Wildman–Crippen MR) is 91.7 cm³/mol. The van der Waals surface area contributed by atoms with Crippen molar-refractivity contribution in [2.75, 3.05) is 26.8 Å². The molecule has 0 aromatic heterocycles. The zero-order chi connectivity index (χ0) is 16.9. The molecule has 0 fully saturated rings. The Balaban J connectivity index is 2.44. The number of hydrogen-bond donors (Lipinski definition) is 2. The van der Waals surface area contributed by atoms with E-state index in [9.17, 15) is 4.79 Å². The number of carbonyl (C=O) groups excluding carboxylic acids is 1. The Bertz CT molecular complexity index is 504. The lowest BCUT2D eigenvalue weighted by atomic mass is 10.2. The van der Waals surface area contributed by atoms with Gasteiger partial charge in [-0.1, -0.05) is 12.1 Å². The topological polar surface area (TPSA) is 72.0 Å². The van der Waals surface area contributed by atoms with Crippen LogP contribution >= 0.6 is 0 Å². The zero-order valence-electron chi connectivity index (χ0n) is 14.2. The van der Waals surface area contributed by atoms with Crippen LogP contribution in [0.4, 0.5) is 0 Å². The first kappa shape index (κ1) is 18.8. The van der Waals surface area contributed by atoms with E-state index in [1.165, 1.54) is 0 Å². The van der Waals surface area contributed by atoms with Crippen LogP contribution in [-0.4, -0.2) is 38.7 Å². The van der Waals surface area contributed by atoms with Gasteiger partial charge in [0.1, 0.15) is 5.75 Å². The lowest BCUT2D eigenvalue weighted by Crippen LogP contribution is -2.37. The third-order valence-electron chi connectivity index (χ3n) is 3.05. The summed E-state index contributed by atoms with van der Waals surface area (Å²) in [5, 5.41) is 6.40. The van der Waals surface area contributed by atoms with Crippen molar-refractivity contribution in [3.8, 4) is 5.75 Å². The van der Waals surface area contributed by atoms with E-state index >= 15 is 0 Å². The van der Waals surface area contributed by atoms with E-state index in [0.717, 1.165) is 23.8 Å². The molecule has 0 unspecified atom stereocenters. The Kier molecular flexibility index (Phi) is 9.28. The summed E-state index contributed by atoms with van der Waals surface area (Å²) in [6, 6.07) is 7.83. The third-order valence-corrected chi connectivity index (χ3v) is 3.05. The quantitative estimate of drug-likeness (QED) is 0.315. The predicted octanol–water partition coefficient (Wildman–Crippen LogP) is 2.09. The summed E-state index contributed by atoms with van der Waals surface area (Å²) in [7, 11) is 1.65. The number of aliphatic imine (C=N–C) groups is 1. The summed E-state index contributed by atoms with van der Waals surface area (Å²) in [6.45, 7) is 6.26. The summed E-state index contributed by atoms with van der Waals surface area (Å²) >= 11 is 0. The summed E-state index contributed by atoms with van der Waals surface area (Å²) in [4.78, 5) is 15.8. The number of ether oxygens (including phenoxy) is 2. The molecule has 0 aliphatic heterocycles. The lowest BCUT2D eigenvalue weighted by Gasteiger charge is -2.11. The monoisotopic (exact) mass is 321 g/mol. The van der Waals surface area contributed by atoms with Crippen molar-refractivity contribution in [1.82, 2.24) is 10.6 Å². The van der Waals surface area contributed by atoms with E-state index in [2.05, 4.69) is 15.6 Å². The maximum atomic E-state index is 11.3. The van der Waals surface area contributed by atoms with Crippen LogP contribution in [0.2, 0.25) is 0 Å². The van der Waals surface area contributed by atoms with Gasteiger partial charge < -0.3 is 20.1 Å². The minimum Gasteiger partial charge on any atom is -0.497 e. The van der Waals surface area contributed by atoms with E-state index in [1.807, 2.05) is 38.1 Å². The number of esters is 1. The van der Waals surface area contributed by atoms with E-state index in [0.29, 0.717) is 32.5 Å². The van der Waals surface area contributed by atoms with Gasteiger partial charge in [0.2, 0.25) is 0 Å². The normalized spacial score (nSPS) is 11.0. The van der Waals surface area contributed by atoms with Gasteiger partial charge in [-0.25, -0.2) is 4.99 Å². The smallest absolute Gasteiger partial charge is 0.305 e. The number of nitrogens with one attached hydrogen (secondary N) is 2. The molecule has 0 heterocycles. The summed E-state index contributed by atoms with van der Waals surface area (Å²) in [6.07, 6.45) is 1.12. The number of benzene rings is 1. The minimum atomic E-state index is -0.160. The van der Waals surface area contributed by atoms with Gasteiger partial charge in [0.25, 0.3) is 0 Å². The average molecular weight is 321 g/mol. The van der Waals surface area contributed by atoms with Crippen molar-refractivity contribution in [3.05, 3.63) is 29.8 Å². The Morgan fingerprint density at radius 3 is 2.78 bits per heavy atom. The van der Waals surface area contributed by atoms with Gasteiger partial charge in [-0.2, -0.15) is 0 Å². The van der Waals surface area contributed by atoms with Crippen LogP contribution in [0.25, 0.3) is 0 Å². The molecule has 2 N–H and O–H groups in total. The van der Waals surface area contributed by atoms with Crippen LogP contribution in [0.15, 0.2) is 29.3 Å². The first-order chi connectivity index (χ1) is 11.2. The van der Waals surface area contributed by atoms with Crippen LogP contribution < -0.4 is 15.4 Å². The number of methoxy groups -OCH3 is 1. The van der Waals surface area contributed by atoms with Crippen molar-refractivity contribution >= 4 is 11.9 Å². The molecule has 1 rings (SSSR count). The van der Waals surface area contributed by atoms with Gasteiger partial charge in [-0.15, -0.1) is 0 Å². The van der Waals surface area contributed by atoms with Crippen molar-refractivity contribution < 1.29 is 14.3 Å². The molecular weight excluding hydrogens is 294 g/mol. The molecule has 128 valence electrons. The zero-order valence-corrected chi connectivity index (χ0v) is 14.2. The highest BCUT2D eigenvalue weighted by molar-refractivity contribution is 5.79. The number of guanidine groups is 1. The molecule has 1 aromatic rings. The molecule has 0 aliphatic carbocycles. The van der Waals surface area contributed by atoms with E-state index in [4.69, 9.17) is 9.47 Å². The molecular formula is C17H27N3O3. The molecule has 6 nitrogen and oxygen atoms in total. The molecule has 0 spiro atoms. The van der Waals surface area contributed by atoms with Crippen molar-refractivity contribution in [2.24, 2.45) is 4.99 Å². The fourth-order valence-electron chi connectivity index (χ4n) is 1.96. The highest BCUT2D eigenvalue weighted by Crippen LogP contribution is 2.13. The molecule has 0 saturated carbocycles. The number of nitrogens with zero attached hydrogens (tertiary/aromatic N) is 1. The fraction of sp³-hybridized carbons (Fsp3) is 0.529. The molecule has 0 saturated heterocycles. The van der Waals surface area contributed by atoms with Gasteiger partial charge in [0.05, 0.1) is 20.3 Å². The number of carbonyl (C=O) groups is 1. The molecule has 6 heteroatoms. The Labute approximate surface area is 138 Å². The van der Waals surface area contributed by atoms with Crippen LogP contribution in [0.1, 0.15) is 32.3 Å². The van der Waals surface area contributed by atoms with Crippen LogP contribution in [0.3, 0.4) is 0 Å². The van der Waals surface area contributed by atoms with Gasteiger partial charge in [0, 0.05) is 19.5 Å². The van der Waals surface area contributed by atoms with Crippen molar-refractivity contribution in [2.45, 2.75) is 33.2 Å². The molecule has 0 atom stereocenters. The molecule has 0 amide bonds. The van der Waals surface area contributed by atoms with E-state index in [-0.39, 0.29) is 5.97 Å². The average Bonchev–Trinajstić information content (AvgIpc) is 2.57. The summed E-state index contributed by atoms with van der Waals surface area (Å²) in [5.41, 5.74) is 1.08. The van der Waals surface area contributed by atoms with Crippen LogP contribution in [-0.2, 0) is 16.1 Å². The fourth-order valence-corrected chi connectivity index (χ4v) is 1.96. The van der Waals surface area contributed by atoms with Gasteiger partial charge in [0.15, 0.2) is 5.96 Å². The van der Waals surface area contributed by atoms with Gasteiger partial charge >= 0.3 is 5.97 Å². The SMILES string of the molecule is CCNC(=NCc1cccc(OC)c1)NCCCC(=O)OCC. The summed E-state index contributed by atoms with van der Waals surface area (Å²) in [5.74, 6) is 1.40. The van der Waals surface area contributed by atoms with Gasteiger partial charge in [-0.3, -0.25) is 4.79 Å². The molecule has 23 heavy (non-hydrogen) atoms. The number of hydrogen-bond acceptors (Lipinski definition) is 4.